The predicted molar refractivity (Wildman–Crippen MR) is 58.0 cm³/mol. The number of aromatic nitrogens is 1. The van der Waals surface area contributed by atoms with E-state index in [1.54, 1.807) is 13.0 Å². The van der Waals surface area contributed by atoms with Gasteiger partial charge in [-0.1, -0.05) is 0 Å². The minimum Gasteiger partial charge on any atom is -0.324 e. The van der Waals surface area contributed by atoms with Gasteiger partial charge in [-0.2, -0.15) is 10.5 Å². The maximum atomic E-state index is 11.4. The van der Waals surface area contributed by atoms with Gasteiger partial charge >= 0.3 is 0 Å². The van der Waals surface area contributed by atoms with Crippen LogP contribution in [0.15, 0.2) is 9.69 Å². The highest BCUT2D eigenvalue weighted by Gasteiger charge is 2.19. The van der Waals surface area contributed by atoms with Crippen LogP contribution in [-0.4, -0.2) is 10.8 Å². The Balaban J connectivity index is 3.75. The van der Waals surface area contributed by atoms with Gasteiger partial charge in [-0.05, 0) is 25.6 Å². The first-order valence-electron chi connectivity index (χ1n) is 4.26. The van der Waals surface area contributed by atoms with Gasteiger partial charge in [-0.3, -0.25) is 9.59 Å². The number of nitrogens with zero attached hydrogens (tertiary/aromatic N) is 2. The number of H-pyrrole nitrogens is 1. The van der Waals surface area contributed by atoms with Gasteiger partial charge in [0.25, 0.3) is 5.56 Å². The van der Waals surface area contributed by atoms with Gasteiger partial charge in [0.05, 0.1) is 10.5 Å². The van der Waals surface area contributed by atoms with Crippen molar-refractivity contribution in [2.45, 2.75) is 18.7 Å². The highest BCUT2D eigenvalue weighted by molar-refractivity contribution is 8.03. The number of rotatable bonds is 2. The third-order valence-electron chi connectivity index (χ3n) is 1.96. The summed E-state index contributed by atoms with van der Waals surface area (Å²) in [5.41, 5.74) is -0.403. The minimum absolute atomic E-state index is 0.0234. The fourth-order valence-electron chi connectivity index (χ4n) is 1.32. The van der Waals surface area contributed by atoms with Crippen LogP contribution in [-0.2, 0) is 0 Å². The predicted octanol–water partition coefficient (Wildman–Crippen LogP) is 1.33. The number of nitriles is 2. The zero-order valence-electron chi connectivity index (χ0n) is 8.62. The van der Waals surface area contributed by atoms with E-state index in [1.165, 1.54) is 6.92 Å². The molecule has 1 aromatic heterocycles. The molecule has 0 bridgehead atoms. The van der Waals surface area contributed by atoms with Gasteiger partial charge in [-0.25, -0.2) is 0 Å². The summed E-state index contributed by atoms with van der Waals surface area (Å²) in [6.07, 6.45) is 0. The fourth-order valence-corrected chi connectivity index (χ4v) is 1.96. The first kappa shape index (κ1) is 12.0. The molecular formula is C10H7N3O2S. The number of carbonyl (C=O) groups is 1. The molecule has 0 amide bonds. The number of hydrogen-bond donors (Lipinski definition) is 1. The Labute approximate surface area is 95.7 Å². The van der Waals surface area contributed by atoms with Crippen molar-refractivity contribution >= 4 is 17.5 Å². The molecule has 0 saturated carbocycles. The molecule has 0 aromatic carbocycles. The third kappa shape index (κ3) is 1.97. The number of carbonyl (C=O) groups excluding carboxylic acids is 1. The molecule has 0 atom stereocenters. The van der Waals surface area contributed by atoms with E-state index in [2.05, 4.69) is 4.98 Å². The van der Waals surface area contributed by atoms with E-state index < -0.39 is 11.3 Å². The van der Waals surface area contributed by atoms with Crippen molar-refractivity contribution < 1.29 is 4.79 Å². The van der Waals surface area contributed by atoms with Gasteiger partial charge in [0.15, 0.2) is 5.78 Å². The molecule has 0 spiro atoms. The van der Waals surface area contributed by atoms with Crippen LogP contribution in [0.2, 0.25) is 0 Å². The molecule has 6 heteroatoms. The topological polar surface area (TPSA) is 97.5 Å². The number of hydrogen-bond acceptors (Lipinski definition) is 5. The highest BCUT2D eigenvalue weighted by atomic mass is 32.2. The van der Waals surface area contributed by atoms with Crippen LogP contribution in [0.1, 0.15) is 28.5 Å². The summed E-state index contributed by atoms with van der Waals surface area (Å²) in [4.78, 5) is 25.6. The third-order valence-corrected chi connectivity index (χ3v) is 2.76. The lowest BCUT2D eigenvalue weighted by Gasteiger charge is -2.07. The Kier molecular flexibility index (Phi) is 3.49. The van der Waals surface area contributed by atoms with E-state index in [0.29, 0.717) is 10.6 Å². The molecule has 16 heavy (non-hydrogen) atoms. The average Bonchev–Trinajstić information content (AvgIpc) is 2.21. The molecule has 0 aliphatic rings. The fraction of sp³-hybridized carbons (Fsp3) is 0.200. The normalized spacial score (nSPS) is 9.25. The summed E-state index contributed by atoms with van der Waals surface area (Å²) in [5, 5.41) is 19.3. The number of ketones is 1. The Bertz CT molecular complexity index is 590. The molecule has 1 rings (SSSR count). The van der Waals surface area contributed by atoms with Crippen molar-refractivity contribution in [1.82, 2.24) is 4.98 Å². The second-order valence-corrected chi connectivity index (χ2v) is 3.81. The second-order valence-electron chi connectivity index (χ2n) is 3.02. The quantitative estimate of drug-likeness (QED) is 0.472. The molecule has 1 heterocycles. The summed E-state index contributed by atoms with van der Waals surface area (Å²) in [6, 6.07) is 1.68. The van der Waals surface area contributed by atoms with Crippen LogP contribution in [0.3, 0.4) is 0 Å². The summed E-state index contributed by atoms with van der Waals surface area (Å²) in [5.74, 6) is -0.400. The zero-order chi connectivity index (χ0) is 12.3. The van der Waals surface area contributed by atoms with Gasteiger partial charge in [0.2, 0.25) is 0 Å². The lowest BCUT2D eigenvalue weighted by molar-refractivity contribution is 0.101. The molecule has 80 valence electrons. The lowest BCUT2D eigenvalue weighted by Crippen LogP contribution is -2.18. The zero-order valence-corrected chi connectivity index (χ0v) is 9.44. The smallest absolute Gasteiger partial charge is 0.266 e. The molecular weight excluding hydrogens is 226 g/mol. The number of aryl methyl sites for hydroxylation is 1. The first-order chi connectivity index (χ1) is 7.52. The Morgan fingerprint density at radius 2 is 2.06 bits per heavy atom. The Morgan fingerprint density at radius 3 is 2.50 bits per heavy atom. The number of Topliss-reactive ketones (excluding diaryl/α,β-unsaturated/α-hetero) is 1. The number of aromatic amines is 1. The Hall–Kier alpha value is -2.05. The maximum absolute atomic E-state index is 11.4. The summed E-state index contributed by atoms with van der Waals surface area (Å²) in [6.45, 7) is 2.84. The largest absolute Gasteiger partial charge is 0.324 e. The number of thiocyanates is 1. The van der Waals surface area contributed by atoms with Crippen molar-refractivity contribution in [3.63, 3.8) is 0 Å². The first-order valence-corrected chi connectivity index (χ1v) is 5.08. The number of nitrogens with one attached hydrogen (secondary N) is 1. The van der Waals surface area contributed by atoms with Crippen LogP contribution >= 0.6 is 11.8 Å². The van der Waals surface area contributed by atoms with Crippen molar-refractivity contribution in [2.24, 2.45) is 0 Å². The molecule has 5 nitrogen and oxygen atoms in total. The monoisotopic (exact) mass is 233 g/mol. The maximum Gasteiger partial charge on any atom is 0.266 e. The van der Waals surface area contributed by atoms with Crippen molar-refractivity contribution in [1.29, 1.82) is 10.5 Å². The van der Waals surface area contributed by atoms with E-state index in [9.17, 15) is 9.59 Å². The summed E-state index contributed by atoms with van der Waals surface area (Å²) < 4.78 is 0. The molecule has 1 aromatic rings. The molecule has 0 saturated heterocycles. The highest BCUT2D eigenvalue weighted by Crippen LogP contribution is 2.25. The molecule has 0 radical (unpaired) electrons. The van der Waals surface area contributed by atoms with Gasteiger partial charge in [0.1, 0.15) is 17.0 Å². The molecule has 0 fully saturated rings. The lowest BCUT2D eigenvalue weighted by atomic mass is 10.1. The van der Waals surface area contributed by atoms with E-state index in [0.717, 1.165) is 11.8 Å². The van der Waals surface area contributed by atoms with Gasteiger partial charge < -0.3 is 4.98 Å². The van der Waals surface area contributed by atoms with Crippen LogP contribution in [0.25, 0.3) is 0 Å². The van der Waals surface area contributed by atoms with Crippen LogP contribution in [0.5, 0.6) is 0 Å². The molecule has 0 aliphatic heterocycles. The van der Waals surface area contributed by atoms with Crippen molar-refractivity contribution in [2.75, 3.05) is 0 Å². The summed E-state index contributed by atoms with van der Waals surface area (Å²) >= 11 is 0.759. The Morgan fingerprint density at radius 1 is 1.44 bits per heavy atom. The number of thioether (sulfide) groups is 1. The van der Waals surface area contributed by atoms with Gasteiger partial charge in [-0.15, -0.1) is 0 Å². The SMILES string of the molecule is CC(=O)c1c(SC#N)c(C)[nH]c(=O)c1C#N. The summed E-state index contributed by atoms with van der Waals surface area (Å²) in [7, 11) is 0. The van der Waals surface area contributed by atoms with Crippen LogP contribution in [0.4, 0.5) is 0 Å². The number of pyridine rings is 1. The van der Waals surface area contributed by atoms with Crippen LogP contribution < -0.4 is 5.56 Å². The minimum atomic E-state index is -0.604. The average molecular weight is 233 g/mol. The standard InChI is InChI=1S/C10H7N3O2S/c1-5-9(16-4-12)8(6(2)14)7(3-11)10(15)13-5/h1-2H3,(H,13,15). The molecule has 0 unspecified atom stereocenters. The van der Waals surface area contributed by atoms with E-state index in [4.69, 9.17) is 10.5 Å². The van der Waals surface area contributed by atoms with Crippen molar-refractivity contribution in [3.8, 4) is 11.5 Å². The molecule has 1 N–H and O–H groups in total. The van der Waals surface area contributed by atoms with Crippen LogP contribution in [0, 0.1) is 28.9 Å². The van der Waals surface area contributed by atoms with Gasteiger partial charge in [0, 0.05) is 5.69 Å². The van der Waals surface area contributed by atoms with E-state index in [-0.39, 0.29) is 11.1 Å². The van der Waals surface area contributed by atoms with E-state index >= 15 is 0 Å². The van der Waals surface area contributed by atoms with E-state index in [1.807, 2.05) is 5.40 Å². The molecule has 0 aliphatic carbocycles. The second kappa shape index (κ2) is 4.65. The van der Waals surface area contributed by atoms with Crippen molar-refractivity contribution in [3.05, 3.63) is 27.2 Å².